The number of anilines is 2. The van der Waals surface area contributed by atoms with Gasteiger partial charge < -0.3 is 11.1 Å². The maximum Gasteiger partial charge on any atom is 0.257 e. The second kappa shape index (κ2) is 6.57. The third kappa shape index (κ3) is 3.61. The average Bonchev–Trinajstić information content (AvgIpc) is 2.44. The Morgan fingerprint density at radius 3 is 2.55 bits per heavy atom. The van der Waals surface area contributed by atoms with Gasteiger partial charge in [-0.05, 0) is 42.3 Å². The number of halogens is 1. The van der Waals surface area contributed by atoms with Crippen molar-refractivity contribution in [2.75, 3.05) is 11.1 Å². The minimum Gasteiger partial charge on any atom is -0.398 e. The van der Waals surface area contributed by atoms with Gasteiger partial charge in [-0.3, -0.25) is 4.79 Å². The molecule has 1 amide bonds. The highest BCUT2D eigenvalue weighted by atomic mass is 79.9. The van der Waals surface area contributed by atoms with Crippen molar-refractivity contribution in [3.63, 3.8) is 0 Å². The van der Waals surface area contributed by atoms with E-state index in [0.717, 1.165) is 23.0 Å². The van der Waals surface area contributed by atoms with Crippen LogP contribution in [0.4, 0.5) is 11.4 Å². The number of carbonyl (C=O) groups excluding carboxylic acids is 1. The summed E-state index contributed by atoms with van der Waals surface area (Å²) in [6.45, 7) is 2.14. The standard InChI is InChI=1S/C16H17BrN2O/c1-2-3-11-4-7-13(8-5-11)19-16(20)14-10-12(17)6-9-15(14)18/h4-10H,2-3,18H2,1H3,(H,19,20). The van der Waals surface area contributed by atoms with Gasteiger partial charge in [0.15, 0.2) is 0 Å². The molecule has 20 heavy (non-hydrogen) atoms. The van der Waals surface area contributed by atoms with Gasteiger partial charge in [0.1, 0.15) is 0 Å². The van der Waals surface area contributed by atoms with Gasteiger partial charge >= 0.3 is 0 Å². The Labute approximate surface area is 127 Å². The van der Waals surface area contributed by atoms with Crippen molar-refractivity contribution in [3.05, 3.63) is 58.1 Å². The molecule has 0 saturated carbocycles. The zero-order chi connectivity index (χ0) is 14.5. The second-order valence-corrected chi connectivity index (χ2v) is 5.55. The molecular weight excluding hydrogens is 316 g/mol. The molecule has 2 rings (SSSR count). The molecule has 0 atom stereocenters. The Morgan fingerprint density at radius 2 is 1.90 bits per heavy atom. The largest absolute Gasteiger partial charge is 0.398 e. The Hall–Kier alpha value is -1.81. The van der Waals surface area contributed by atoms with Crippen LogP contribution in [0.15, 0.2) is 46.9 Å². The number of nitrogen functional groups attached to an aromatic ring is 1. The summed E-state index contributed by atoms with van der Waals surface area (Å²) in [4.78, 5) is 12.2. The number of carbonyl (C=O) groups is 1. The van der Waals surface area contributed by atoms with E-state index in [1.54, 1.807) is 12.1 Å². The van der Waals surface area contributed by atoms with Gasteiger partial charge in [-0.1, -0.05) is 41.4 Å². The first-order valence-corrected chi connectivity index (χ1v) is 7.34. The van der Waals surface area contributed by atoms with Crippen molar-refractivity contribution >= 4 is 33.2 Å². The lowest BCUT2D eigenvalue weighted by Gasteiger charge is -2.08. The van der Waals surface area contributed by atoms with Crippen molar-refractivity contribution in [2.45, 2.75) is 19.8 Å². The molecule has 0 heterocycles. The van der Waals surface area contributed by atoms with Gasteiger partial charge in [0.25, 0.3) is 5.91 Å². The summed E-state index contributed by atoms with van der Waals surface area (Å²) >= 11 is 3.34. The minimum atomic E-state index is -0.202. The van der Waals surface area contributed by atoms with Gasteiger partial charge in [0.05, 0.1) is 5.56 Å². The van der Waals surface area contributed by atoms with Gasteiger partial charge in [0, 0.05) is 15.8 Å². The first-order valence-electron chi connectivity index (χ1n) is 6.55. The molecule has 2 aromatic carbocycles. The highest BCUT2D eigenvalue weighted by molar-refractivity contribution is 9.10. The lowest BCUT2D eigenvalue weighted by Crippen LogP contribution is -2.14. The maximum absolute atomic E-state index is 12.2. The summed E-state index contributed by atoms with van der Waals surface area (Å²) in [5, 5.41) is 2.86. The smallest absolute Gasteiger partial charge is 0.257 e. The van der Waals surface area contributed by atoms with Crippen LogP contribution in [-0.2, 0) is 6.42 Å². The molecule has 0 bridgehead atoms. The van der Waals surface area contributed by atoms with Crippen LogP contribution >= 0.6 is 15.9 Å². The van der Waals surface area contributed by atoms with E-state index in [9.17, 15) is 4.79 Å². The van der Waals surface area contributed by atoms with E-state index in [1.807, 2.05) is 30.3 Å². The number of hydrogen-bond acceptors (Lipinski definition) is 2. The van der Waals surface area contributed by atoms with Crippen molar-refractivity contribution < 1.29 is 4.79 Å². The predicted molar refractivity (Wildman–Crippen MR) is 86.9 cm³/mol. The quantitative estimate of drug-likeness (QED) is 0.823. The molecule has 0 saturated heterocycles. The van der Waals surface area contributed by atoms with Crippen LogP contribution in [0.25, 0.3) is 0 Å². The third-order valence-electron chi connectivity index (χ3n) is 3.01. The summed E-state index contributed by atoms with van der Waals surface area (Å²) in [7, 11) is 0. The van der Waals surface area contributed by atoms with Crippen LogP contribution in [-0.4, -0.2) is 5.91 Å². The Balaban J connectivity index is 2.13. The van der Waals surface area contributed by atoms with Crippen molar-refractivity contribution in [1.29, 1.82) is 0 Å². The number of hydrogen-bond donors (Lipinski definition) is 2. The summed E-state index contributed by atoms with van der Waals surface area (Å²) < 4.78 is 0.829. The number of nitrogens with two attached hydrogens (primary N) is 1. The summed E-state index contributed by atoms with van der Waals surface area (Å²) in [6, 6.07) is 13.1. The zero-order valence-corrected chi connectivity index (χ0v) is 12.9. The molecule has 4 heteroatoms. The number of aryl methyl sites for hydroxylation is 1. The zero-order valence-electron chi connectivity index (χ0n) is 11.3. The highest BCUT2D eigenvalue weighted by Gasteiger charge is 2.10. The fraction of sp³-hybridized carbons (Fsp3) is 0.188. The number of rotatable bonds is 4. The molecule has 0 aliphatic rings. The summed E-state index contributed by atoms with van der Waals surface area (Å²) in [6.07, 6.45) is 2.16. The molecule has 0 spiro atoms. The topological polar surface area (TPSA) is 55.1 Å². The van der Waals surface area contributed by atoms with E-state index in [2.05, 4.69) is 28.2 Å². The molecule has 2 aromatic rings. The van der Waals surface area contributed by atoms with Crippen molar-refractivity contribution in [1.82, 2.24) is 0 Å². The van der Waals surface area contributed by atoms with Crippen LogP contribution in [0.1, 0.15) is 29.3 Å². The molecule has 0 fully saturated rings. The van der Waals surface area contributed by atoms with E-state index in [-0.39, 0.29) is 5.91 Å². The Bertz CT molecular complexity index is 608. The molecule has 104 valence electrons. The summed E-state index contributed by atoms with van der Waals surface area (Å²) in [5.74, 6) is -0.202. The number of nitrogens with one attached hydrogen (secondary N) is 1. The van der Waals surface area contributed by atoms with Gasteiger partial charge in [-0.25, -0.2) is 0 Å². The molecule has 0 aliphatic carbocycles. The second-order valence-electron chi connectivity index (χ2n) is 4.63. The van der Waals surface area contributed by atoms with E-state index in [4.69, 9.17) is 5.73 Å². The summed E-state index contributed by atoms with van der Waals surface area (Å²) in [5.41, 5.74) is 8.80. The molecule has 3 N–H and O–H groups in total. The fourth-order valence-corrected chi connectivity index (χ4v) is 2.33. The van der Waals surface area contributed by atoms with E-state index < -0.39 is 0 Å². The van der Waals surface area contributed by atoms with Crippen LogP contribution in [0.5, 0.6) is 0 Å². The fourth-order valence-electron chi connectivity index (χ4n) is 1.97. The first-order chi connectivity index (χ1) is 9.60. The SMILES string of the molecule is CCCc1ccc(NC(=O)c2cc(Br)ccc2N)cc1. The van der Waals surface area contributed by atoms with Crippen LogP contribution < -0.4 is 11.1 Å². The predicted octanol–water partition coefficient (Wildman–Crippen LogP) is 4.24. The number of benzene rings is 2. The molecule has 0 radical (unpaired) electrons. The Morgan fingerprint density at radius 1 is 1.20 bits per heavy atom. The van der Waals surface area contributed by atoms with Crippen LogP contribution in [0.3, 0.4) is 0 Å². The average molecular weight is 333 g/mol. The molecular formula is C16H17BrN2O. The van der Waals surface area contributed by atoms with Crippen molar-refractivity contribution in [3.8, 4) is 0 Å². The lowest BCUT2D eigenvalue weighted by molar-refractivity contribution is 0.102. The molecule has 3 nitrogen and oxygen atoms in total. The van der Waals surface area contributed by atoms with E-state index >= 15 is 0 Å². The van der Waals surface area contributed by atoms with Gasteiger partial charge in [-0.15, -0.1) is 0 Å². The first kappa shape index (κ1) is 14.6. The molecule has 0 unspecified atom stereocenters. The van der Waals surface area contributed by atoms with E-state index in [1.165, 1.54) is 5.56 Å². The van der Waals surface area contributed by atoms with Gasteiger partial charge in [-0.2, -0.15) is 0 Å². The van der Waals surface area contributed by atoms with Crippen LogP contribution in [0, 0.1) is 0 Å². The Kier molecular flexibility index (Phi) is 4.79. The van der Waals surface area contributed by atoms with Gasteiger partial charge in [0.2, 0.25) is 0 Å². The minimum absolute atomic E-state index is 0.202. The lowest BCUT2D eigenvalue weighted by atomic mass is 10.1. The third-order valence-corrected chi connectivity index (χ3v) is 3.50. The normalized spacial score (nSPS) is 10.3. The van der Waals surface area contributed by atoms with Crippen molar-refractivity contribution in [2.24, 2.45) is 0 Å². The molecule has 0 aliphatic heterocycles. The highest BCUT2D eigenvalue weighted by Crippen LogP contribution is 2.20. The maximum atomic E-state index is 12.2. The number of amides is 1. The monoisotopic (exact) mass is 332 g/mol. The molecule has 0 aromatic heterocycles. The van der Waals surface area contributed by atoms with Crippen LogP contribution in [0.2, 0.25) is 0 Å². The van der Waals surface area contributed by atoms with E-state index in [0.29, 0.717) is 11.3 Å².